The summed E-state index contributed by atoms with van der Waals surface area (Å²) in [5.41, 5.74) is 3.32. The van der Waals surface area contributed by atoms with Crippen molar-refractivity contribution in [2.24, 2.45) is 0 Å². The Morgan fingerprint density at radius 2 is 1.42 bits per heavy atom. The Morgan fingerprint density at radius 1 is 0.871 bits per heavy atom. The summed E-state index contributed by atoms with van der Waals surface area (Å²) < 4.78 is 24.8. The van der Waals surface area contributed by atoms with Crippen LogP contribution in [-0.4, -0.2) is 26.6 Å². The molecule has 0 unspecified atom stereocenters. The summed E-state index contributed by atoms with van der Waals surface area (Å²) in [6, 6.07) is 28.4. The smallest absolute Gasteiger partial charge is 0.235 e. The molecule has 0 fully saturated rings. The van der Waals surface area contributed by atoms with Crippen LogP contribution in [-0.2, 0) is 20.4 Å². The largest absolute Gasteiger partial charge is 0.355 e. The normalized spacial score (nSPS) is 11.1. The summed E-state index contributed by atoms with van der Waals surface area (Å²) in [5, 5.41) is 11.6. The Bertz CT molecular complexity index is 1100. The van der Waals surface area contributed by atoms with Crippen molar-refractivity contribution < 1.29 is 13.2 Å². The van der Waals surface area contributed by atoms with Crippen LogP contribution in [0, 0.1) is 11.3 Å². The molecule has 158 valence electrons. The SMILES string of the molecule is N#Cc1ccc(CS(=O)(=O)CC(=O)NCCC(c2ccccc2)c2ccccc2)cc1. The third-order valence-corrected chi connectivity index (χ3v) is 6.45. The van der Waals surface area contributed by atoms with Crippen molar-refractivity contribution in [3.05, 3.63) is 107 Å². The van der Waals surface area contributed by atoms with Gasteiger partial charge >= 0.3 is 0 Å². The van der Waals surface area contributed by atoms with Gasteiger partial charge in [0.25, 0.3) is 0 Å². The van der Waals surface area contributed by atoms with Crippen molar-refractivity contribution in [2.45, 2.75) is 18.1 Å². The lowest BCUT2D eigenvalue weighted by Gasteiger charge is -2.18. The maximum absolute atomic E-state index is 12.4. The predicted molar refractivity (Wildman–Crippen MR) is 121 cm³/mol. The number of carbonyl (C=O) groups is 1. The maximum Gasteiger partial charge on any atom is 0.235 e. The molecule has 0 spiro atoms. The molecule has 0 saturated heterocycles. The zero-order valence-corrected chi connectivity index (χ0v) is 17.9. The fourth-order valence-corrected chi connectivity index (χ4v) is 4.79. The van der Waals surface area contributed by atoms with E-state index in [1.807, 2.05) is 42.5 Å². The number of rotatable bonds is 9. The van der Waals surface area contributed by atoms with Gasteiger partial charge in [-0.25, -0.2) is 8.42 Å². The quantitative estimate of drug-likeness (QED) is 0.557. The van der Waals surface area contributed by atoms with E-state index >= 15 is 0 Å². The average Bonchev–Trinajstić information content (AvgIpc) is 2.78. The van der Waals surface area contributed by atoms with E-state index in [1.54, 1.807) is 24.3 Å². The van der Waals surface area contributed by atoms with Crippen molar-refractivity contribution in [1.82, 2.24) is 5.32 Å². The van der Waals surface area contributed by atoms with Crippen LogP contribution in [0.15, 0.2) is 84.9 Å². The fraction of sp³-hybridized carbons (Fsp3) is 0.200. The van der Waals surface area contributed by atoms with Gasteiger partial charge < -0.3 is 5.32 Å². The number of nitrogens with one attached hydrogen (secondary N) is 1. The molecular weight excluding hydrogens is 408 g/mol. The summed E-state index contributed by atoms with van der Waals surface area (Å²) >= 11 is 0. The van der Waals surface area contributed by atoms with Crippen LogP contribution in [0.1, 0.15) is 34.6 Å². The van der Waals surface area contributed by atoms with Gasteiger partial charge in [0.1, 0.15) is 5.75 Å². The zero-order chi connectivity index (χ0) is 22.1. The van der Waals surface area contributed by atoms with Gasteiger partial charge in [0.15, 0.2) is 9.84 Å². The minimum Gasteiger partial charge on any atom is -0.355 e. The van der Waals surface area contributed by atoms with Crippen LogP contribution in [0.25, 0.3) is 0 Å². The summed E-state index contributed by atoms with van der Waals surface area (Å²) in [6.45, 7) is 0.375. The molecule has 3 aromatic rings. The topological polar surface area (TPSA) is 87.0 Å². The van der Waals surface area contributed by atoms with E-state index in [1.165, 1.54) is 0 Å². The molecule has 0 aliphatic carbocycles. The molecule has 1 amide bonds. The van der Waals surface area contributed by atoms with Crippen LogP contribution in [0.2, 0.25) is 0 Å². The fourth-order valence-electron chi connectivity index (χ4n) is 3.48. The number of hydrogen-bond acceptors (Lipinski definition) is 4. The first-order valence-corrected chi connectivity index (χ1v) is 11.8. The molecule has 0 bridgehead atoms. The number of carbonyl (C=O) groups excluding carboxylic acids is 1. The second kappa shape index (κ2) is 10.6. The summed E-state index contributed by atoms with van der Waals surface area (Å²) in [6.07, 6.45) is 0.662. The minimum atomic E-state index is -3.60. The molecule has 0 radical (unpaired) electrons. The third kappa shape index (κ3) is 6.80. The highest BCUT2D eigenvalue weighted by molar-refractivity contribution is 7.91. The Morgan fingerprint density at radius 3 is 1.94 bits per heavy atom. The number of hydrogen-bond donors (Lipinski definition) is 1. The molecule has 0 aliphatic heterocycles. The van der Waals surface area contributed by atoms with Crippen LogP contribution < -0.4 is 5.32 Å². The number of nitrogens with zero attached hydrogens (tertiary/aromatic N) is 1. The molecule has 0 heterocycles. The van der Waals surface area contributed by atoms with Crippen molar-refractivity contribution in [3.8, 4) is 6.07 Å². The molecule has 0 aliphatic rings. The molecule has 31 heavy (non-hydrogen) atoms. The predicted octanol–water partition coefficient (Wildman–Crippen LogP) is 3.81. The number of benzene rings is 3. The molecule has 0 aromatic heterocycles. The molecular formula is C25H24N2O3S. The summed E-state index contributed by atoms with van der Waals surface area (Å²) in [4.78, 5) is 12.3. The standard InChI is InChI=1S/C25H24N2O3S/c26-17-20-11-13-21(14-12-20)18-31(29,30)19-25(28)27-16-15-24(22-7-3-1-4-8-22)23-9-5-2-6-10-23/h1-14,24H,15-16,18-19H2,(H,27,28). The Balaban J connectivity index is 1.56. The highest BCUT2D eigenvalue weighted by Gasteiger charge is 2.19. The lowest BCUT2D eigenvalue weighted by Crippen LogP contribution is -2.32. The van der Waals surface area contributed by atoms with E-state index in [9.17, 15) is 13.2 Å². The van der Waals surface area contributed by atoms with Gasteiger partial charge in [-0.2, -0.15) is 5.26 Å². The Hall–Kier alpha value is -3.43. The number of nitriles is 1. The number of sulfone groups is 1. The van der Waals surface area contributed by atoms with Crippen LogP contribution in [0.4, 0.5) is 0 Å². The van der Waals surface area contributed by atoms with E-state index in [2.05, 4.69) is 29.6 Å². The molecule has 3 rings (SSSR count). The van der Waals surface area contributed by atoms with Crippen molar-refractivity contribution in [3.63, 3.8) is 0 Å². The highest BCUT2D eigenvalue weighted by Crippen LogP contribution is 2.27. The second-order valence-corrected chi connectivity index (χ2v) is 9.42. The highest BCUT2D eigenvalue weighted by atomic mass is 32.2. The minimum absolute atomic E-state index is 0.109. The first-order valence-electron chi connectivity index (χ1n) is 10.0. The summed E-state index contributed by atoms with van der Waals surface area (Å²) in [7, 11) is -3.60. The van der Waals surface area contributed by atoms with E-state index in [0.717, 1.165) is 11.1 Å². The van der Waals surface area contributed by atoms with Crippen molar-refractivity contribution in [1.29, 1.82) is 5.26 Å². The first-order chi connectivity index (χ1) is 15.0. The van der Waals surface area contributed by atoms with Gasteiger partial charge in [0.2, 0.25) is 5.91 Å². The molecule has 0 saturated carbocycles. The molecule has 5 nitrogen and oxygen atoms in total. The lowest BCUT2D eigenvalue weighted by molar-refractivity contribution is -0.118. The Labute approximate surface area is 183 Å². The van der Waals surface area contributed by atoms with Crippen molar-refractivity contribution in [2.75, 3.05) is 12.3 Å². The average molecular weight is 433 g/mol. The van der Waals surface area contributed by atoms with E-state index in [0.29, 0.717) is 24.1 Å². The molecule has 6 heteroatoms. The van der Waals surface area contributed by atoms with Crippen LogP contribution >= 0.6 is 0 Å². The lowest BCUT2D eigenvalue weighted by atomic mass is 9.88. The molecule has 0 atom stereocenters. The molecule has 3 aromatic carbocycles. The number of amides is 1. The first kappa shape index (κ1) is 22.3. The van der Waals surface area contributed by atoms with Crippen LogP contribution in [0.3, 0.4) is 0 Å². The monoisotopic (exact) mass is 432 g/mol. The van der Waals surface area contributed by atoms with Gasteiger partial charge in [-0.3, -0.25) is 4.79 Å². The van der Waals surface area contributed by atoms with Gasteiger partial charge in [-0.15, -0.1) is 0 Å². The van der Waals surface area contributed by atoms with E-state index < -0.39 is 21.5 Å². The van der Waals surface area contributed by atoms with Gasteiger partial charge in [0, 0.05) is 12.5 Å². The van der Waals surface area contributed by atoms with Gasteiger partial charge in [0.05, 0.1) is 17.4 Å². The van der Waals surface area contributed by atoms with Crippen molar-refractivity contribution >= 4 is 15.7 Å². The maximum atomic E-state index is 12.4. The van der Waals surface area contributed by atoms with Gasteiger partial charge in [-0.1, -0.05) is 72.8 Å². The van der Waals surface area contributed by atoms with E-state index in [4.69, 9.17) is 5.26 Å². The molecule has 1 N–H and O–H groups in total. The Kier molecular flexibility index (Phi) is 7.58. The second-order valence-electron chi connectivity index (χ2n) is 7.35. The van der Waals surface area contributed by atoms with E-state index in [-0.39, 0.29) is 11.7 Å². The zero-order valence-electron chi connectivity index (χ0n) is 17.1. The van der Waals surface area contributed by atoms with Crippen LogP contribution in [0.5, 0.6) is 0 Å². The van der Waals surface area contributed by atoms with Gasteiger partial charge in [-0.05, 0) is 35.2 Å². The summed E-state index contributed by atoms with van der Waals surface area (Å²) in [5.74, 6) is -1.19. The third-order valence-electron chi connectivity index (χ3n) is 4.98.